The number of benzene rings is 2. The standard InChI is InChI=1S/C22H24N4O5S/c1-14-7-9-17(26(28)29)12-18(14)23-20(27)13-32-22-25-24-21(31-22)6-4-5-16-8-10-19(30-3)15(2)11-16/h7-12H,4-6,13H2,1-3H3,(H,23,27). The lowest BCUT2D eigenvalue weighted by Crippen LogP contribution is -2.15. The van der Waals surface area contributed by atoms with Gasteiger partial charge in [-0.05, 0) is 49.4 Å². The number of amides is 1. The summed E-state index contributed by atoms with van der Waals surface area (Å²) in [6.07, 6.45) is 2.36. The fourth-order valence-corrected chi connectivity index (χ4v) is 3.69. The van der Waals surface area contributed by atoms with Gasteiger partial charge < -0.3 is 14.5 Å². The normalized spacial score (nSPS) is 10.7. The van der Waals surface area contributed by atoms with E-state index in [-0.39, 0.29) is 17.3 Å². The van der Waals surface area contributed by atoms with Gasteiger partial charge in [-0.3, -0.25) is 14.9 Å². The lowest BCUT2D eigenvalue weighted by atomic mass is 10.1. The Morgan fingerprint density at radius 1 is 1.16 bits per heavy atom. The van der Waals surface area contributed by atoms with Gasteiger partial charge in [0.15, 0.2) is 0 Å². The number of aryl methyl sites for hydroxylation is 4. The summed E-state index contributed by atoms with van der Waals surface area (Å²) in [6.45, 7) is 3.78. The van der Waals surface area contributed by atoms with E-state index < -0.39 is 4.92 Å². The van der Waals surface area contributed by atoms with E-state index in [9.17, 15) is 14.9 Å². The molecule has 0 bridgehead atoms. The van der Waals surface area contributed by atoms with Crippen molar-refractivity contribution in [2.75, 3.05) is 18.2 Å². The van der Waals surface area contributed by atoms with Crippen molar-refractivity contribution in [1.29, 1.82) is 0 Å². The van der Waals surface area contributed by atoms with E-state index in [0.29, 0.717) is 23.2 Å². The Hall–Kier alpha value is -3.40. The number of nitrogens with zero attached hydrogens (tertiary/aromatic N) is 3. The molecule has 3 rings (SSSR count). The average molecular weight is 457 g/mol. The molecule has 1 N–H and O–H groups in total. The Kier molecular flexibility index (Phi) is 7.82. The minimum atomic E-state index is -0.500. The lowest BCUT2D eigenvalue weighted by molar-refractivity contribution is -0.384. The van der Waals surface area contributed by atoms with Gasteiger partial charge in [0.25, 0.3) is 10.9 Å². The number of methoxy groups -OCH3 is 1. The number of carbonyl (C=O) groups excluding carboxylic acids is 1. The first-order valence-corrected chi connectivity index (χ1v) is 11.0. The van der Waals surface area contributed by atoms with Gasteiger partial charge in [-0.15, -0.1) is 10.2 Å². The first-order chi connectivity index (χ1) is 15.4. The smallest absolute Gasteiger partial charge is 0.277 e. The number of nitrogens with one attached hydrogen (secondary N) is 1. The molecule has 0 aliphatic rings. The van der Waals surface area contributed by atoms with Crippen LogP contribution in [-0.2, 0) is 17.6 Å². The number of hydrogen-bond acceptors (Lipinski definition) is 8. The Bertz CT molecular complexity index is 1120. The summed E-state index contributed by atoms with van der Waals surface area (Å²) in [4.78, 5) is 22.6. The van der Waals surface area contributed by atoms with Crippen LogP contribution in [0.5, 0.6) is 5.75 Å². The van der Waals surface area contributed by atoms with Crippen molar-refractivity contribution in [2.24, 2.45) is 0 Å². The molecule has 1 heterocycles. The van der Waals surface area contributed by atoms with E-state index in [1.165, 1.54) is 17.7 Å². The zero-order valence-electron chi connectivity index (χ0n) is 18.1. The molecule has 0 atom stereocenters. The summed E-state index contributed by atoms with van der Waals surface area (Å²) < 4.78 is 10.9. The van der Waals surface area contributed by atoms with Gasteiger partial charge in [-0.2, -0.15) is 0 Å². The predicted octanol–water partition coefficient (Wildman–Crippen LogP) is 4.51. The third-order valence-corrected chi connectivity index (χ3v) is 5.61. The number of thioether (sulfide) groups is 1. The summed E-state index contributed by atoms with van der Waals surface area (Å²) in [7, 11) is 1.66. The van der Waals surface area contributed by atoms with E-state index in [1.807, 2.05) is 19.1 Å². The molecule has 0 saturated heterocycles. The van der Waals surface area contributed by atoms with E-state index in [0.717, 1.165) is 41.5 Å². The number of hydrogen-bond donors (Lipinski definition) is 1. The molecule has 0 aliphatic heterocycles. The number of carbonyl (C=O) groups is 1. The minimum Gasteiger partial charge on any atom is -0.496 e. The van der Waals surface area contributed by atoms with Crippen LogP contribution in [0.3, 0.4) is 0 Å². The lowest BCUT2D eigenvalue weighted by Gasteiger charge is -2.07. The zero-order valence-corrected chi connectivity index (χ0v) is 18.9. The van der Waals surface area contributed by atoms with Gasteiger partial charge in [0.05, 0.1) is 23.5 Å². The summed E-state index contributed by atoms with van der Waals surface area (Å²) in [5, 5.41) is 21.9. The van der Waals surface area contributed by atoms with Crippen molar-refractivity contribution < 1.29 is 18.9 Å². The van der Waals surface area contributed by atoms with Crippen LogP contribution in [0, 0.1) is 24.0 Å². The highest BCUT2D eigenvalue weighted by atomic mass is 32.2. The molecule has 32 heavy (non-hydrogen) atoms. The first kappa shape index (κ1) is 23.3. The monoisotopic (exact) mass is 456 g/mol. The zero-order chi connectivity index (χ0) is 23.1. The number of nitro groups is 1. The van der Waals surface area contributed by atoms with Crippen LogP contribution in [0.15, 0.2) is 46.0 Å². The Balaban J connectivity index is 1.46. The van der Waals surface area contributed by atoms with E-state index >= 15 is 0 Å². The van der Waals surface area contributed by atoms with Crippen LogP contribution in [0.2, 0.25) is 0 Å². The molecule has 0 aliphatic carbocycles. The summed E-state index contributed by atoms with van der Waals surface area (Å²) in [5.41, 5.74) is 3.38. The molecule has 3 aromatic rings. The summed E-state index contributed by atoms with van der Waals surface area (Å²) >= 11 is 1.12. The van der Waals surface area contributed by atoms with Crippen molar-refractivity contribution >= 4 is 29.0 Å². The topological polar surface area (TPSA) is 120 Å². The van der Waals surface area contributed by atoms with Crippen molar-refractivity contribution in [3.05, 3.63) is 69.1 Å². The van der Waals surface area contributed by atoms with Crippen LogP contribution in [-0.4, -0.2) is 33.9 Å². The molecular weight excluding hydrogens is 432 g/mol. The molecule has 0 spiro atoms. The fourth-order valence-electron chi connectivity index (χ4n) is 3.11. The summed E-state index contributed by atoms with van der Waals surface area (Å²) in [5.74, 6) is 1.13. The number of nitro benzene ring substituents is 1. The Morgan fingerprint density at radius 2 is 1.97 bits per heavy atom. The third kappa shape index (κ3) is 6.30. The molecule has 9 nitrogen and oxygen atoms in total. The third-order valence-electron chi connectivity index (χ3n) is 4.80. The highest BCUT2D eigenvalue weighted by molar-refractivity contribution is 7.99. The summed E-state index contributed by atoms with van der Waals surface area (Å²) in [6, 6.07) is 10.4. The Morgan fingerprint density at radius 3 is 2.69 bits per heavy atom. The second-order valence-electron chi connectivity index (χ2n) is 7.21. The first-order valence-electron chi connectivity index (χ1n) is 9.99. The van der Waals surface area contributed by atoms with Gasteiger partial charge in [0, 0.05) is 18.6 Å². The van der Waals surface area contributed by atoms with Crippen molar-refractivity contribution in [1.82, 2.24) is 10.2 Å². The number of ether oxygens (including phenoxy) is 1. The molecule has 1 amide bonds. The quantitative estimate of drug-likeness (QED) is 0.269. The van der Waals surface area contributed by atoms with E-state index in [2.05, 4.69) is 21.6 Å². The Labute approximate surface area is 189 Å². The molecule has 10 heteroatoms. The molecule has 0 saturated carbocycles. The largest absolute Gasteiger partial charge is 0.496 e. The minimum absolute atomic E-state index is 0.0505. The number of rotatable bonds is 10. The van der Waals surface area contributed by atoms with Crippen molar-refractivity contribution in [3.63, 3.8) is 0 Å². The molecular formula is C22H24N4O5S. The highest BCUT2D eigenvalue weighted by Crippen LogP contribution is 2.23. The molecule has 168 valence electrons. The maximum atomic E-state index is 12.2. The number of aromatic nitrogens is 2. The van der Waals surface area contributed by atoms with Gasteiger partial charge in [-0.1, -0.05) is 30.0 Å². The fraction of sp³-hybridized carbons (Fsp3) is 0.318. The molecule has 2 aromatic carbocycles. The highest BCUT2D eigenvalue weighted by Gasteiger charge is 2.13. The number of anilines is 1. The van der Waals surface area contributed by atoms with E-state index in [4.69, 9.17) is 9.15 Å². The van der Waals surface area contributed by atoms with Crippen LogP contribution in [0.1, 0.15) is 29.0 Å². The maximum Gasteiger partial charge on any atom is 0.277 e. The van der Waals surface area contributed by atoms with Crippen LogP contribution in [0.4, 0.5) is 11.4 Å². The molecule has 1 aromatic heterocycles. The second kappa shape index (κ2) is 10.8. The average Bonchev–Trinajstić information content (AvgIpc) is 3.21. The predicted molar refractivity (Wildman–Crippen MR) is 121 cm³/mol. The van der Waals surface area contributed by atoms with Gasteiger partial charge in [0.1, 0.15) is 5.75 Å². The molecule has 0 radical (unpaired) electrons. The SMILES string of the molecule is COc1ccc(CCCc2nnc(SCC(=O)Nc3cc([N+](=O)[O-])ccc3C)o2)cc1C. The van der Waals surface area contributed by atoms with E-state index in [1.54, 1.807) is 20.1 Å². The molecule has 0 unspecified atom stereocenters. The maximum absolute atomic E-state index is 12.2. The van der Waals surface area contributed by atoms with Gasteiger partial charge in [-0.25, -0.2) is 0 Å². The van der Waals surface area contributed by atoms with Crippen LogP contribution in [0.25, 0.3) is 0 Å². The van der Waals surface area contributed by atoms with Crippen LogP contribution < -0.4 is 10.1 Å². The number of non-ortho nitro benzene ring substituents is 1. The second-order valence-corrected chi connectivity index (χ2v) is 8.14. The van der Waals surface area contributed by atoms with Gasteiger partial charge in [0.2, 0.25) is 11.8 Å². The van der Waals surface area contributed by atoms with Gasteiger partial charge >= 0.3 is 0 Å². The van der Waals surface area contributed by atoms with Crippen molar-refractivity contribution in [2.45, 2.75) is 38.3 Å². The van der Waals surface area contributed by atoms with Crippen molar-refractivity contribution in [3.8, 4) is 5.75 Å². The molecule has 0 fully saturated rings. The van der Waals surface area contributed by atoms with Crippen LogP contribution >= 0.6 is 11.8 Å².